The topological polar surface area (TPSA) is 95.6 Å². The van der Waals surface area contributed by atoms with Crippen molar-refractivity contribution in [1.82, 2.24) is 5.32 Å². The van der Waals surface area contributed by atoms with Gasteiger partial charge < -0.3 is 21.3 Å². The average Bonchev–Trinajstić information content (AvgIpc) is 2.30. The molecule has 5 heteroatoms. The second-order valence-corrected chi connectivity index (χ2v) is 4.07. The third kappa shape index (κ3) is 3.64. The number of para-hydroxylation sites is 1. The lowest BCUT2D eigenvalue weighted by Crippen LogP contribution is -2.29. The normalized spacial score (nSPS) is 12.1. The van der Waals surface area contributed by atoms with Crippen molar-refractivity contribution in [3.8, 4) is 11.5 Å². The molecule has 17 heavy (non-hydrogen) atoms. The summed E-state index contributed by atoms with van der Waals surface area (Å²) in [6.07, 6.45) is 0.826. The van der Waals surface area contributed by atoms with Crippen LogP contribution in [0.15, 0.2) is 18.2 Å². The maximum atomic E-state index is 11.7. The number of nitrogens with two attached hydrogens (primary N) is 1. The van der Waals surface area contributed by atoms with E-state index in [2.05, 4.69) is 5.32 Å². The number of hydrogen-bond donors (Lipinski definition) is 4. The molecule has 0 heterocycles. The molecule has 0 aromatic heterocycles. The van der Waals surface area contributed by atoms with Crippen molar-refractivity contribution in [2.75, 3.05) is 13.1 Å². The van der Waals surface area contributed by atoms with E-state index in [1.54, 1.807) is 0 Å². The zero-order valence-electron chi connectivity index (χ0n) is 9.81. The van der Waals surface area contributed by atoms with Crippen LogP contribution >= 0.6 is 0 Å². The van der Waals surface area contributed by atoms with Crippen LogP contribution in [0.4, 0.5) is 0 Å². The van der Waals surface area contributed by atoms with E-state index in [0.29, 0.717) is 13.1 Å². The zero-order chi connectivity index (χ0) is 12.8. The molecule has 1 unspecified atom stereocenters. The molecule has 0 bridgehead atoms. The van der Waals surface area contributed by atoms with Gasteiger partial charge in [0.25, 0.3) is 5.91 Å². The highest BCUT2D eigenvalue weighted by Crippen LogP contribution is 2.27. The Balaban J connectivity index is 2.61. The Hall–Kier alpha value is -1.75. The van der Waals surface area contributed by atoms with Crippen molar-refractivity contribution in [3.05, 3.63) is 23.8 Å². The predicted molar refractivity (Wildman–Crippen MR) is 64.9 cm³/mol. The van der Waals surface area contributed by atoms with E-state index in [4.69, 9.17) is 5.73 Å². The van der Waals surface area contributed by atoms with Gasteiger partial charge in [-0.15, -0.1) is 0 Å². The zero-order valence-corrected chi connectivity index (χ0v) is 9.81. The fourth-order valence-electron chi connectivity index (χ4n) is 1.46. The lowest BCUT2D eigenvalue weighted by Gasteiger charge is -2.12. The molecule has 1 aromatic rings. The van der Waals surface area contributed by atoms with Gasteiger partial charge in [-0.1, -0.05) is 13.0 Å². The van der Waals surface area contributed by atoms with Crippen LogP contribution in [0.2, 0.25) is 0 Å². The van der Waals surface area contributed by atoms with E-state index in [9.17, 15) is 15.0 Å². The number of amides is 1. The van der Waals surface area contributed by atoms with Crippen LogP contribution in [0.5, 0.6) is 11.5 Å². The molecule has 1 atom stereocenters. The van der Waals surface area contributed by atoms with Crippen LogP contribution in [0, 0.1) is 5.92 Å². The Morgan fingerprint density at radius 1 is 1.47 bits per heavy atom. The van der Waals surface area contributed by atoms with E-state index in [1.807, 2.05) is 6.92 Å². The molecule has 1 amide bonds. The molecule has 5 nitrogen and oxygen atoms in total. The van der Waals surface area contributed by atoms with Crippen molar-refractivity contribution >= 4 is 5.91 Å². The summed E-state index contributed by atoms with van der Waals surface area (Å²) in [7, 11) is 0. The number of carbonyl (C=O) groups excluding carboxylic acids is 1. The molecule has 0 aliphatic heterocycles. The van der Waals surface area contributed by atoms with Crippen molar-refractivity contribution in [2.24, 2.45) is 11.7 Å². The van der Waals surface area contributed by atoms with Gasteiger partial charge in [0.15, 0.2) is 11.5 Å². The summed E-state index contributed by atoms with van der Waals surface area (Å²) in [4.78, 5) is 11.7. The molecule has 94 valence electrons. The van der Waals surface area contributed by atoms with Crippen molar-refractivity contribution in [3.63, 3.8) is 0 Å². The van der Waals surface area contributed by atoms with Gasteiger partial charge >= 0.3 is 0 Å². The molecule has 0 aliphatic rings. The van der Waals surface area contributed by atoms with E-state index >= 15 is 0 Å². The first-order valence-corrected chi connectivity index (χ1v) is 5.55. The Morgan fingerprint density at radius 2 is 2.18 bits per heavy atom. The Labute approximate surface area is 100 Å². The maximum absolute atomic E-state index is 11.7. The highest BCUT2D eigenvalue weighted by atomic mass is 16.3. The molecular formula is C12H18N2O3. The molecule has 1 aromatic carbocycles. The van der Waals surface area contributed by atoms with E-state index in [1.165, 1.54) is 18.2 Å². The first-order chi connectivity index (χ1) is 8.06. The third-order valence-corrected chi connectivity index (χ3v) is 2.53. The highest BCUT2D eigenvalue weighted by Gasteiger charge is 2.14. The number of hydrogen-bond acceptors (Lipinski definition) is 4. The van der Waals surface area contributed by atoms with Crippen LogP contribution in [0.25, 0.3) is 0 Å². The van der Waals surface area contributed by atoms with Crippen molar-refractivity contribution in [2.45, 2.75) is 13.3 Å². The Morgan fingerprint density at radius 3 is 2.82 bits per heavy atom. The Kier molecular flexibility index (Phi) is 4.78. The number of aromatic hydroxyl groups is 2. The molecule has 0 radical (unpaired) electrons. The van der Waals surface area contributed by atoms with Crippen LogP contribution in [0.1, 0.15) is 23.7 Å². The average molecular weight is 238 g/mol. The van der Waals surface area contributed by atoms with Gasteiger partial charge in [-0.25, -0.2) is 0 Å². The summed E-state index contributed by atoms with van der Waals surface area (Å²) in [5.74, 6) is -0.810. The summed E-state index contributed by atoms with van der Waals surface area (Å²) >= 11 is 0. The number of nitrogens with one attached hydrogen (secondary N) is 1. The van der Waals surface area contributed by atoms with Gasteiger partial charge in [-0.3, -0.25) is 4.79 Å². The predicted octanol–water partition coefficient (Wildman–Crippen LogP) is 0.812. The first kappa shape index (κ1) is 13.3. The second kappa shape index (κ2) is 6.10. The Bertz CT molecular complexity index is 393. The molecule has 0 spiro atoms. The number of rotatable bonds is 5. The minimum Gasteiger partial charge on any atom is -0.504 e. The quantitative estimate of drug-likeness (QED) is 0.571. The van der Waals surface area contributed by atoms with Crippen LogP contribution in [-0.2, 0) is 0 Å². The van der Waals surface area contributed by atoms with Crippen LogP contribution < -0.4 is 11.1 Å². The first-order valence-electron chi connectivity index (χ1n) is 5.55. The fraction of sp³-hybridized carbons (Fsp3) is 0.417. The van der Waals surface area contributed by atoms with Gasteiger partial charge in [0.1, 0.15) is 0 Å². The van der Waals surface area contributed by atoms with Crippen molar-refractivity contribution < 1.29 is 15.0 Å². The lowest BCUT2D eigenvalue weighted by atomic mass is 10.1. The molecule has 0 aliphatic carbocycles. The molecule has 1 rings (SSSR count). The van der Waals surface area contributed by atoms with Crippen LogP contribution in [0.3, 0.4) is 0 Å². The van der Waals surface area contributed by atoms with Gasteiger partial charge in [0.2, 0.25) is 0 Å². The monoisotopic (exact) mass is 238 g/mol. The minimum absolute atomic E-state index is 0.0740. The largest absolute Gasteiger partial charge is 0.504 e. The number of carbonyl (C=O) groups is 1. The van der Waals surface area contributed by atoms with E-state index < -0.39 is 11.7 Å². The molecule has 5 N–H and O–H groups in total. The second-order valence-electron chi connectivity index (χ2n) is 4.07. The van der Waals surface area contributed by atoms with Crippen molar-refractivity contribution in [1.29, 1.82) is 0 Å². The maximum Gasteiger partial charge on any atom is 0.255 e. The highest BCUT2D eigenvalue weighted by molar-refractivity contribution is 5.97. The molecular weight excluding hydrogens is 220 g/mol. The number of phenolic OH excluding ortho intramolecular Hbond substituents is 2. The van der Waals surface area contributed by atoms with Gasteiger partial charge in [-0.05, 0) is 31.0 Å². The van der Waals surface area contributed by atoms with Gasteiger partial charge in [0.05, 0.1) is 5.56 Å². The van der Waals surface area contributed by atoms with Crippen LogP contribution in [-0.4, -0.2) is 29.2 Å². The summed E-state index contributed by atoms with van der Waals surface area (Å²) in [6, 6.07) is 4.29. The van der Waals surface area contributed by atoms with Gasteiger partial charge in [-0.2, -0.15) is 0 Å². The summed E-state index contributed by atoms with van der Waals surface area (Å²) in [5, 5.41) is 21.5. The minimum atomic E-state index is -0.401. The smallest absolute Gasteiger partial charge is 0.255 e. The number of benzene rings is 1. The SMILES string of the molecule is CC(CCN)CNC(=O)c1cccc(O)c1O. The van der Waals surface area contributed by atoms with E-state index in [0.717, 1.165) is 6.42 Å². The number of phenols is 2. The lowest BCUT2D eigenvalue weighted by molar-refractivity contribution is 0.0944. The van der Waals surface area contributed by atoms with Gasteiger partial charge in [0, 0.05) is 6.54 Å². The molecule has 0 saturated carbocycles. The molecule has 0 saturated heterocycles. The summed E-state index contributed by atoms with van der Waals surface area (Å²) < 4.78 is 0. The molecule has 0 fully saturated rings. The summed E-state index contributed by atoms with van der Waals surface area (Å²) in [6.45, 7) is 3.05. The fourth-order valence-corrected chi connectivity index (χ4v) is 1.46. The summed E-state index contributed by atoms with van der Waals surface area (Å²) in [5.41, 5.74) is 5.48. The van der Waals surface area contributed by atoms with E-state index in [-0.39, 0.29) is 17.2 Å². The third-order valence-electron chi connectivity index (χ3n) is 2.53. The standard InChI is InChI=1S/C12H18N2O3/c1-8(5-6-13)7-14-12(17)9-3-2-4-10(15)11(9)16/h2-4,8,15-16H,5-7,13H2,1H3,(H,14,17).